The van der Waals surface area contributed by atoms with E-state index in [0.717, 1.165) is 36.1 Å². The third-order valence-electron chi connectivity index (χ3n) is 4.14. The molecule has 3 rings (SSSR count). The van der Waals surface area contributed by atoms with E-state index in [9.17, 15) is 9.59 Å². The largest absolute Gasteiger partial charge is 0.324 e. The summed E-state index contributed by atoms with van der Waals surface area (Å²) in [5.74, 6) is 0.308. The zero-order valence-corrected chi connectivity index (χ0v) is 13.9. The number of hydrogen-bond acceptors (Lipinski definition) is 3. The molecular formula is C17H18ClN3O2. The first-order chi connectivity index (χ1) is 11.0. The zero-order valence-electron chi connectivity index (χ0n) is 13.1. The molecule has 1 heterocycles. The van der Waals surface area contributed by atoms with Crippen LogP contribution in [0.5, 0.6) is 0 Å². The van der Waals surface area contributed by atoms with Gasteiger partial charge in [0.1, 0.15) is 12.4 Å². The van der Waals surface area contributed by atoms with Crippen molar-refractivity contribution in [2.45, 2.75) is 39.7 Å². The molecule has 23 heavy (non-hydrogen) atoms. The summed E-state index contributed by atoms with van der Waals surface area (Å²) >= 11 is 6.06. The molecule has 0 fully saturated rings. The van der Waals surface area contributed by atoms with Crippen LogP contribution in [-0.4, -0.2) is 15.5 Å². The third kappa shape index (κ3) is 3.15. The first kappa shape index (κ1) is 15.7. The standard InChI is InChI=1S/C17H18ClN3O2/c1-10-6-7-12(8-14(10)18)20-16(22)9-21-11(2)19-15-5-3-4-13(15)17(21)23/h6-8H,3-5,9H2,1-2H3,(H,20,22). The minimum absolute atomic E-state index is 0.0452. The number of nitrogens with zero attached hydrogens (tertiary/aromatic N) is 2. The molecule has 5 nitrogen and oxygen atoms in total. The third-order valence-corrected chi connectivity index (χ3v) is 4.54. The number of anilines is 1. The van der Waals surface area contributed by atoms with E-state index >= 15 is 0 Å². The minimum atomic E-state index is -0.269. The average molecular weight is 332 g/mol. The van der Waals surface area contributed by atoms with Gasteiger partial charge in [-0.25, -0.2) is 4.98 Å². The Balaban J connectivity index is 1.81. The number of carbonyl (C=O) groups is 1. The molecule has 6 heteroatoms. The number of amides is 1. The molecular weight excluding hydrogens is 314 g/mol. The van der Waals surface area contributed by atoms with Gasteiger partial charge < -0.3 is 5.32 Å². The normalized spacial score (nSPS) is 13.0. The van der Waals surface area contributed by atoms with Gasteiger partial charge in [-0.05, 0) is 50.8 Å². The molecule has 0 spiro atoms. The van der Waals surface area contributed by atoms with E-state index < -0.39 is 0 Å². The summed E-state index contributed by atoms with van der Waals surface area (Å²) in [6.45, 7) is 3.61. The molecule has 0 atom stereocenters. The molecule has 1 N–H and O–H groups in total. The van der Waals surface area contributed by atoms with Crippen LogP contribution < -0.4 is 10.9 Å². The van der Waals surface area contributed by atoms with Crippen LogP contribution in [0.2, 0.25) is 5.02 Å². The SMILES string of the molecule is Cc1ccc(NC(=O)Cn2c(C)nc3c(c2=O)CCC3)cc1Cl. The molecule has 1 aliphatic carbocycles. The van der Waals surface area contributed by atoms with Crippen LogP contribution in [0.1, 0.15) is 29.1 Å². The highest BCUT2D eigenvalue weighted by atomic mass is 35.5. The summed E-state index contributed by atoms with van der Waals surface area (Å²) < 4.78 is 1.44. The fourth-order valence-electron chi connectivity index (χ4n) is 2.85. The number of benzene rings is 1. The van der Waals surface area contributed by atoms with Gasteiger partial charge in [-0.15, -0.1) is 0 Å². The van der Waals surface area contributed by atoms with Gasteiger partial charge in [0.2, 0.25) is 5.91 Å². The number of fused-ring (bicyclic) bond motifs is 1. The molecule has 0 saturated heterocycles. The second kappa shape index (κ2) is 6.16. The topological polar surface area (TPSA) is 64.0 Å². The van der Waals surface area contributed by atoms with Crippen molar-refractivity contribution in [3.05, 3.63) is 56.2 Å². The highest BCUT2D eigenvalue weighted by Crippen LogP contribution is 2.20. The molecule has 1 aromatic heterocycles. The highest BCUT2D eigenvalue weighted by Gasteiger charge is 2.20. The van der Waals surface area contributed by atoms with Crippen molar-refractivity contribution in [1.29, 1.82) is 0 Å². The van der Waals surface area contributed by atoms with Crippen LogP contribution >= 0.6 is 11.6 Å². The number of halogens is 1. The van der Waals surface area contributed by atoms with Crippen LogP contribution in [0.4, 0.5) is 5.69 Å². The zero-order chi connectivity index (χ0) is 16.6. The van der Waals surface area contributed by atoms with Gasteiger partial charge in [0.05, 0.1) is 5.69 Å². The van der Waals surface area contributed by atoms with E-state index in [1.165, 1.54) is 4.57 Å². The number of nitrogens with one attached hydrogen (secondary N) is 1. The summed E-state index contributed by atoms with van der Waals surface area (Å²) in [6, 6.07) is 5.33. The molecule has 1 aromatic carbocycles. The number of aryl methyl sites for hydroxylation is 3. The van der Waals surface area contributed by atoms with Gasteiger partial charge in [0.15, 0.2) is 0 Å². The van der Waals surface area contributed by atoms with E-state index in [1.54, 1.807) is 19.1 Å². The van der Waals surface area contributed by atoms with Crippen molar-refractivity contribution in [2.75, 3.05) is 5.32 Å². The maximum atomic E-state index is 12.5. The second-order valence-electron chi connectivity index (χ2n) is 5.84. The number of hydrogen-bond donors (Lipinski definition) is 1. The van der Waals surface area contributed by atoms with Gasteiger partial charge in [-0.2, -0.15) is 0 Å². The summed E-state index contributed by atoms with van der Waals surface area (Å²) in [7, 11) is 0. The average Bonchev–Trinajstić information content (AvgIpc) is 2.95. The monoisotopic (exact) mass is 331 g/mol. The first-order valence-electron chi connectivity index (χ1n) is 7.61. The van der Waals surface area contributed by atoms with Crippen molar-refractivity contribution >= 4 is 23.2 Å². The first-order valence-corrected chi connectivity index (χ1v) is 7.98. The van der Waals surface area contributed by atoms with Crippen molar-refractivity contribution in [2.24, 2.45) is 0 Å². The van der Waals surface area contributed by atoms with Crippen LogP contribution in [-0.2, 0) is 24.2 Å². The molecule has 2 aromatic rings. The Bertz CT molecular complexity index is 842. The fraction of sp³-hybridized carbons (Fsp3) is 0.353. The molecule has 0 bridgehead atoms. The molecule has 120 valence electrons. The van der Waals surface area contributed by atoms with Crippen molar-refractivity contribution in [1.82, 2.24) is 9.55 Å². The summed E-state index contributed by atoms with van der Waals surface area (Å²) in [5, 5.41) is 3.36. The van der Waals surface area contributed by atoms with Crippen LogP contribution in [0.25, 0.3) is 0 Å². The van der Waals surface area contributed by atoms with Crippen LogP contribution in [0.3, 0.4) is 0 Å². The molecule has 1 amide bonds. The summed E-state index contributed by atoms with van der Waals surface area (Å²) in [5.41, 5.74) is 3.10. The maximum absolute atomic E-state index is 12.5. The molecule has 0 aliphatic heterocycles. The smallest absolute Gasteiger partial charge is 0.257 e. The van der Waals surface area contributed by atoms with E-state index in [2.05, 4.69) is 10.3 Å². The Hall–Kier alpha value is -2.14. The highest BCUT2D eigenvalue weighted by molar-refractivity contribution is 6.31. The van der Waals surface area contributed by atoms with Gasteiger partial charge in [-0.1, -0.05) is 17.7 Å². The lowest BCUT2D eigenvalue weighted by molar-refractivity contribution is -0.116. The lowest BCUT2D eigenvalue weighted by Gasteiger charge is -2.12. The Morgan fingerprint density at radius 3 is 2.87 bits per heavy atom. The summed E-state index contributed by atoms with van der Waals surface area (Å²) in [6.07, 6.45) is 2.55. The fourth-order valence-corrected chi connectivity index (χ4v) is 3.03. The second-order valence-corrected chi connectivity index (χ2v) is 6.25. The van der Waals surface area contributed by atoms with Gasteiger partial charge >= 0.3 is 0 Å². The van der Waals surface area contributed by atoms with E-state index in [-0.39, 0.29) is 18.0 Å². The number of aromatic nitrogens is 2. The molecule has 0 unspecified atom stereocenters. The maximum Gasteiger partial charge on any atom is 0.257 e. The lowest BCUT2D eigenvalue weighted by Crippen LogP contribution is -2.32. The molecule has 0 saturated carbocycles. The van der Waals surface area contributed by atoms with E-state index in [0.29, 0.717) is 16.5 Å². The van der Waals surface area contributed by atoms with Crippen LogP contribution in [0, 0.1) is 13.8 Å². The van der Waals surface area contributed by atoms with Gasteiger partial charge in [-0.3, -0.25) is 14.2 Å². The lowest BCUT2D eigenvalue weighted by atomic mass is 10.2. The Labute approximate surface area is 139 Å². The van der Waals surface area contributed by atoms with Crippen molar-refractivity contribution in [3.63, 3.8) is 0 Å². The predicted molar refractivity (Wildman–Crippen MR) is 90.1 cm³/mol. The van der Waals surface area contributed by atoms with E-state index in [1.807, 2.05) is 13.0 Å². The predicted octanol–water partition coefficient (Wildman–Crippen LogP) is 2.64. The van der Waals surface area contributed by atoms with E-state index in [4.69, 9.17) is 11.6 Å². The van der Waals surface area contributed by atoms with Gasteiger partial charge in [0.25, 0.3) is 5.56 Å². The number of rotatable bonds is 3. The Morgan fingerprint density at radius 2 is 2.13 bits per heavy atom. The Kier molecular flexibility index (Phi) is 4.22. The molecule has 1 aliphatic rings. The Morgan fingerprint density at radius 1 is 1.35 bits per heavy atom. The van der Waals surface area contributed by atoms with Crippen molar-refractivity contribution < 1.29 is 4.79 Å². The van der Waals surface area contributed by atoms with Crippen LogP contribution in [0.15, 0.2) is 23.0 Å². The minimum Gasteiger partial charge on any atom is -0.324 e. The summed E-state index contributed by atoms with van der Waals surface area (Å²) in [4.78, 5) is 29.2. The van der Waals surface area contributed by atoms with Crippen molar-refractivity contribution in [3.8, 4) is 0 Å². The number of carbonyl (C=O) groups excluding carboxylic acids is 1. The molecule has 0 radical (unpaired) electrons. The van der Waals surface area contributed by atoms with Gasteiger partial charge in [0, 0.05) is 16.3 Å². The quantitative estimate of drug-likeness (QED) is 0.940.